The molecule has 0 radical (unpaired) electrons. The summed E-state index contributed by atoms with van der Waals surface area (Å²) in [7, 11) is 0. The van der Waals surface area contributed by atoms with Crippen LogP contribution in [0, 0.1) is 0 Å². The van der Waals surface area contributed by atoms with Gasteiger partial charge in [0.15, 0.2) is 0 Å². The van der Waals surface area contributed by atoms with Crippen LogP contribution in [0.25, 0.3) is 0 Å². The van der Waals surface area contributed by atoms with E-state index < -0.39 is 0 Å². The van der Waals surface area contributed by atoms with Crippen LogP contribution in [0.15, 0.2) is 24.3 Å². The Labute approximate surface area is 115 Å². The van der Waals surface area contributed by atoms with E-state index in [0.717, 1.165) is 44.9 Å². The summed E-state index contributed by atoms with van der Waals surface area (Å²) in [6, 6.07) is 8.99. The molecule has 1 aromatic carbocycles. The van der Waals surface area contributed by atoms with Gasteiger partial charge in [-0.25, -0.2) is 0 Å². The molecule has 0 amide bonds. The van der Waals surface area contributed by atoms with Gasteiger partial charge in [0, 0.05) is 37.5 Å². The number of nitrogens with zero attached hydrogens (tertiary/aromatic N) is 1. The topological polar surface area (TPSA) is 21.7 Å². The molecule has 0 unspecified atom stereocenters. The van der Waals surface area contributed by atoms with Crippen molar-refractivity contribution in [2.24, 2.45) is 0 Å². The van der Waals surface area contributed by atoms with E-state index in [4.69, 9.17) is 9.47 Å². The van der Waals surface area contributed by atoms with Crippen LogP contribution in [0.3, 0.4) is 0 Å². The van der Waals surface area contributed by atoms with Crippen LogP contribution in [0.4, 0.5) is 0 Å². The van der Waals surface area contributed by atoms with E-state index in [1.165, 1.54) is 5.56 Å². The van der Waals surface area contributed by atoms with Gasteiger partial charge in [-0.1, -0.05) is 18.2 Å². The van der Waals surface area contributed by atoms with Crippen molar-refractivity contribution in [1.82, 2.24) is 4.90 Å². The first kappa shape index (κ1) is 12.9. The molecule has 0 saturated carbocycles. The van der Waals surface area contributed by atoms with Gasteiger partial charge in [-0.15, -0.1) is 0 Å². The van der Waals surface area contributed by atoms with Crippen molar-refractivity contribution < 1.29 is 9.47 Å². The highest BCUT2D eigenvalue weighted by atomic mass is 16.5. The summed E-state index contributed by atoms with van der Waals surface area (Å²) in [5.74, 6) is 1.06. The van der Waals surface area contributed by atoms with E-state index in [0.29, 0.717) is 6.04 Å². The molecule has 0 N–H and O–H groups in total. The molecule has 3 heteroatoms. The molecule has 3 rings (SSSR count). The van der Waals surface area contributed by atoms with E-state index in [9.17, 15) is 0 Å². The summed E-state index contributed by atoms with van der Waals surface area (Å²) in [6.45, 7) is 8.14. The van der Waals surface area contributed by atoms with E-state index in [1.807, 2.05) is 0 Å². The van der Waals surface area contributed by atoms with Crippen LogP contribution in [0.1, 0.15) is 32.3 Å². The Morgan fingerprint density at radius 3 is 2.63 bits per heavy atom. The fraction of sp³-hybridized carbons (Fsp3) is 0.625. The first-order valence-electron chi connectivity index (χ1n) is 7.27. The molecular formula is C16H23NO2. The molecule has 1 saturated heterocycles. The number of hydrogen-bond acceptors (Lipinski definition) is 3. The lowest BCUT2D eigenvalue weighted by atomic mass is 9.93. The van der Waals surface area contributed by atoms with Crippen molar-refractivity contribution in [1.29, 1.82) is 0 Å². The van der Waals surface area contributed by atoms with Crippen LogP contribution in [-0.2, 0) is 11.3 Å². The molecule has 0 aromatic heterocycles. The van der Waals surface area contributed by atoms with Crippen LogP contribution in [0.2, 0.25) is 0 Å². The zero-order valence-electron chi connectivity index (χ0n) is 11.9. The minimum absolute atomic E-state index is 0.0604. The molecule has 1 fully saturated rings. The highest BCUT2D eigenvalue weighted by molar-refractivity contribution is 5.35. The van der Waals surface area contributed by atoms with Crippen molar-refractivity contribution in [2.75, 3.05) is 19.8 Å². The quantitative estimate of drug-likeness (QED) is 0.776. The Hall–Kier alpha value is -1.06. The average Bonchev–Trinajstić information content (AvgIpc) is 2.56. The number of hydrogen-bond donors (Lipinski definition) is 0. The normalized spacial score (nSPS) is 22.9. The number of para-hydroxylation sites is 1. The third-order valence-electron chi connectivity index (χ3n) is 4.30. The smallest absolute Gasteiger partial charge is 0.126 e. The molecule has 2 heterocycles. The van der Waals surface area contributed by atoms with Crippen molar-refractivity contribution in [3.8, 4) is 5.75 Å². The van der Waals surface area contributed by atoms with Gasteiger partial charge in [0.05, 0.1) is 13.2 Å². The molecule has 1 spiro atoms. The number of benzene rings is 1. The molecule has 2 aliphatic rings. The van der Waals surface area contributed by atoms with E-state index in [2.05, 4.69) is 43.0 Å². The second kappa shape index (κ2) is 5.14. The lowest BCUT2D eigenvalue weighted by molar-refractivity contribution is -0.0619. The Bertz CT molecular complexity index is 438. The summed E-state index contributed by atoms with van der Waals surface area (Å²) in [6.07, 6.45) is 1.98. The second-order valence-electron chi connectivity index (χ2n) is 6.00. The summed E-state index contributed by atoms with van der Waals surface area (Å²) < 4.78 is 12.0. The maximum Gasteiger partial charge on any atom is 0.126 e. The minimum Gasteiger partial charge on any atom is -0.485 e. The Morgan fingerprint density at radius 2 is 1.89 bits per heavy atom. The van der Waals surface area contributed by atoms with Gasteiger partial charge in [-0.2, -0.15) is 0 Å². The van der Waals surface area contributed by atoms with Crippen LogP contribution in [-0.4, -0.2) is 36.3 Å². The minimum atomic E-state index is -0.0604. The third kappa shape index (κ3) is 2.63. The van der Waals surface area contributed by atoms with E-state index >= 15 is 0 Å². The fourth-order valence-corrected chi connectivity index (χ4v) is 3.01. The van der Waals surface area contributed by atoms with Gasteiger partial charge in [0.1, 0.15) is 11.4 Å². The predicted molar refractivity (Wildman–Crippen MR) is 75.4 cm³/mol. The Kier molecular flexibility index (Phi) is 3.50. The van der Waals surface area contributed by atoms with E-state index in [1.54, 1.807) is 0 Å². The maximum absolute atomic E-state index is 6.44. The molecular weight excluding hydrogens is 238 g/mol. The second-order valence-corrected chi connectivity index (χ2v) is 6.00. The van der Waals surface area contributed by atoms with Crippen molar-refractivity contribution in [2.45, 2.75) is 44.9 Å². The summed E-state index contributed by atoms with van der Waals surface area (Å²) in [4.78, 5) is 2.52. The maximum atomic E-state index is 6.44. The largest absolute Gasteiger partial charge is 0.485 e. The Morgan fingerprint density at radius 1 is 1.16 bits per heavy atom. The van der Waals surface area contributed by atoms with Gasteiger partial charge in [-0.3, -0.25) is 4.90 Å². The molecule has 0 aliphatic carbocycles. The molecule has 1 aromatic rings. The molecule has 3 nitrogen and oxygen atoms in total. The van der Waals surface area contributed by atoms with Gasteiger partial charge in [-0.05, 0) is 19.9 Å². The lowest BCUT2D eigenvalue weighted by Crippen LogP contribution is -2.50. The zero-order chi connectivity index (χ0) is 13.3. The van der Waals surface area contributed by atoms with Crippen molar-refractivity contribution in [3.05, 3.63) is 29.8 Å². The summed E-state index contributed by atoms with van der Waals surface area (Å²) in [5, 5.41) is 0. The molecule has 2 aliphatic heterocycles. The van der Waals surface area contributed by atoms with Crippen LogP contribution in [0.5, 0.6) is 5.75 Å². The van der Waals surface area contributed by atoms with Crippen LogP contribution < -0.4 is 4.74 Å². The third-order valence-corrected chi connectivity index (χ3v) is 4.30. The average molecular weight is 261 g/mol. The standard InChI is InChI=1S/C16H23NO2/c1-13(2)17-11-14-5-3-4-6-15(14)19-16(12-17)7-9-18-10-8-16/h3-6,13H,7-12H2,1-2H3. The highest BCUT2D eigenvalue weighted by Gasteiger charge is 2.39. The van der Waals surface area contributed by atoms with Gasteiger partial charge >= 0.3 is 0 Å². The highest BCUT2D eigenvalue weighted by Crippen LogP contribution is 2.35. The van der Waals surface area contributed by atoms with Gasteiger partial charge < -0.3 is 9.47 Å². The zero-order valence-corrected chi connectivity index (χ0v) is 11.9. The predicted octanol–water partition coefficient (Wildman–Crippen LogP) is 2.84. The van der Waals surface area contributed by atoms with Crippen molar-refractivity contribution >= 4 is 0 Å². The van der Waals surface area contributed by atoms with Gasteiger partial charge in [0.25, 0.3) is 0 Å². The number of rotatable bonds is 1. The fourth-order valence-electron chi connectivity index (χ4n) is 3.01. The summed E-state index contributed by atoms with van der Waals surface area (Å²) >= 11 is 0. The Balaban J connectivity index is 1.95. The SMILES string of the molecule is CC(C)N1Cc2ccccc2OC2(CCOCC2)C1. The molecule has 104 valence electrons. The monoisotopic (exact) mass is 261 g/mol. The molecule has 0 bridgehead atoms. The molecule has 0 atom stereocenters. The van der Waals surface area contributed by atoms with E-state index in [-0.39, 0.29) is 5.60 Å². The van der Waals surface area contributed by atoms with Gasteiger partial charge in [0.2, 0.25) is 0 Å². The van der Waals surface area contributed by atoms with Crippen molar-refractivity contribution in [3.63, 3.8) is 0 Å². The lowest BCUT2D eigenvalue weighted by Gasteiger charge is -2.40. The number of ether oxygens (including phenoxy) is 2. The first-order valence-corrected chi connectivity index (χ1v) is 7.27. The van der Waals surface area contributed by atoms with Crippen LogP contribution >= 0.6 is 0 Å². The molecule has 19 heavy (non-hydrogen) atoms. The summed E-state index contributed by atoms with van der Waals surface area (Å²) in [5.41, 5.74) is 1.24. The first-order chi connectivity index (χ1) is 9.19. The number of fused-ring (bicyclic) bond motifs is 1.